The largest absolute Gasteiger partial charge is 0.481 e. The first-order valence-electron chi connectivity index (χ1n) is 6.49. The van der Waals surface area contributed by atoms with Gasteiger partial charge in [0.1, 0.15) is 0 Å². The van der Waals surface area contributed by atoms with Gasteiger partial charge in [0.2, 0.25) is 5.88 Å². The van der Waals surface area contributed by atoms with E-state index in [1.165, 1.54) is 0 Å². The van der Waals surface area contributed by atoms with Gasteiger partial charge in [-0.1, -0.05) is 32.1 Å². The van der Waals surface area contributed by atoms with Crippen molar-refractivity contribution in [2.45, 2.75) is 32.7 Å². The van der Waals surface area contributed by atoms with Gasteiger partial charge in [0.15, 0.2) is 5.69 Å². The number of rotatable bonds is 4. The molecule has 1 N–H and O–H groups in total. The minimum Gasteiger partial charge on any atom is -0.481 e. The van der Waals surface area contributed by atoms with Crippen LogP contribution in [0.4, 0.5) is 0 Å². The minimum absolute atomic E-state index is 0.0228. The van der Waals surface area contributed by atoms with Crippen molar-refractivity contribution in [3.8, 4) is 5.88 Å². The lowest BCUT2D eigenvalue weighted by Gasteiger charge is -2.20. The van der Waals surface area contributed by atoms with Crippen LogP contribution in [0.2, 0.25) is 0 Å². The Hall–Kier alpha value is -2.44. The van der Waals surface area contributed by atoms with Gasteiger partial charge in [0.05, 0.1) is 19.3 Å². The summed E-state index contributed by atoms with van der Waals surface area (Å²) in [5, 5.41) is 17.0. The van der Waals surface area contributed by atoms with Crippen LogP contribution in [-0.2, 0) is 12.0 Å². The van der Waals surface area contributed by atoms with E-state index in [4.69, 9.17) is 4.74 Å². The number of methoxy groups -OCH3 is 1. The normalized spacial score (nSPS) is 11.4. The average molecular weight is 290 g/mol. The summed E-state index contributed by atoms with van der Waals surface area (Å²) >= 11 is 0. The first kappa shape index (κ1) is 15.0. The second-order valence-corrected chi connectivity index (χ2v) is 5.67. The third kappa shape index (κ3) is 3.01. The Balaban J connectivity index is 2.48. The molecule has 0 atom stereocenters. The molecular formula is C14H18N4O3. The summed E-state index contributed by atoms with van der Waals surface area (Å²) in [6, 6.07) is 3.66. The lowest BCUT2D eigenvalue weighted by molar-refractivity contribution is 0.0687. The maximum atomic E-state index is 11.3. The van der Waals surface area contributed by atoms with Gasteiger partial charge in [0.25, 0.3) is 0 Å². The molecule has 7 heteroatoms. The first-order valence-corrected chi connectivity index (χ1v) is 6.49. The Kier molecular flexibility index (Phi) is 3.93. The van der Waals surface area contributed by atoms with Crippen LogP contribution >= 0.6 is 0 Å². The summed E-state index contributed by atoms with van der Waals surface area (Å²) in [6.45, 7) is 6.13. The van der Waals surface area contributed by atoms with Crippen molar-refractivity contribution >= 4 is 5.97 Å². The van der Waals surface area contributed by atoms with Gasteiger partial charge < -0.3 is 9.84 Å². The van der Waals surface area contributed by atoms with E-state index in [2.05, 4.69) is 15.3 Å². The van der Waals surface area contributed by atoms with Crippen molar-refractivity contribution in [1.82, 2.24) is 20.0 Å². The van der Waals surface area contributed by atoms with Crippen molar-refractivity contribution in [2.24, 2.45) is 0 Å². The van der Waals surface area contributed by atoms with Gasteiger partial charge in [-0.3, -0.25) is 0 Å². The van der Waals surface area contributed by atoms with Gasteiger partial charge in [-0.2, -0.15) is 0 Å². The zero-order valence-corrected chi connectivity index (χ0v) is 12.5. The molecule has 2 rings (SSSR count). The maximum Gasteiger partial charge on any atom is 0.358 e. The fourth-order valence-corrected chi connectivity index (χ4v) is 2.20. The molecular weight excluding hydrogens is 272 g/mol. The van der Waals surface area contributed by atoms with Crippen molar-refractivity contribution < 1.29 is 14.6 Å². The van der Waals surface area contributed by atoms with Crippen molar-refractivity contribution in [3.05, 3.63) is 35.3 Å². The van der Waals surface area contributed by atoms with Gasteiger partial charge >= 0.3 is 5.97 Å². The molecule has 0 aromatic carbocycles. The summed E-state index contributed by atoms with van der Waals surface area (Å²) in [4.78, 5) is 15.4. The number of ether oxygens (including phenoxy) is 1. The summed E-state index contributed by atoms with van der Waals surface area (Å²) in [6.07, 6.45) is 1.64. The standard InChI is InChI=1S/C14H18N4O3/c1-14(2,3)11-10(13(19)20)16-17-18(11)8-9-6-5-7-15-12(9)21-4/h5-7H,8H2,1-4H3,(H,19,20). The van der Waals surface area contributed by atoms with E-state index < -0.39 is 11.4 Å². The van der Waals surface area contributed by atoms with E-state index in [0.717, 1.165) is 5.56 Å². The number of nitrogens with zero attached hydrogens (tertiary/aromatic N) is 4. The highest BCUT2D eigenvalue weighted by Crippen LogP contribution is 2.26. The Bertz CT molecular complexity index is 658. The molecule has 0 amide bonds. The Labute approximate surface area is 122 Å². The Morgan fingerprint density at radius 3 is 2.71 bits per heavy atom. The summed E-state index contributed by atoms with van der Waals surface area (Å²) in [5.74, 6) is -0.589. The van der Waals surface area contributed by atoms with E-state index in [9.17, 15) is 9.90 Å². The van der Waals surface area contributed by atoms with Crippen molar-refractivity contribution in [1.29, 1.82) is 0 Å². The minimum atomic E-state index is -1.08. The number of hydrogen-bond acceptors (Lipinski definition) is 5. The van der Waals surface area contributed by atoms with Gasteiger partial charge in [-0.25, -0.2) is 14.5 Å². The predicted octanol–water partition coefficient (Wildman–Crippen LogP) is 1.73. The molecule has 0 spiro atoms. The number of carboxylic acid groups (broad SMARTS) is 1. The zero-order valence-electron chi connectivity index (χ0n) is 12.5. The van der Waals surface area contributed by atoms with Crippen LogP contribution in [0.25, 0.3) is 0 Å². The molecule has 0 bridgehead atoms. The van der Waals surface area contributed by atoms with Gasteiger partial charge in [-0.05, 0) is 6.07 Å². The molecule has 112 valence electrons. The molecule has 0 unspecified atom stereocenters. The molecule has 2 heterocycles. The number of hydrogen-bond donors (Lipinski definition) is 1. The Morgan fingerprint density at radius 1 is 1.43 bits per heavy atom. The fourth-order valence-electron chi connectivity index (χ4n) is 2.20. The highest BCUT2D eigenvalue weighted by atomic mass is 16.5. The van der Waals surface area contributed by atoms with Crippen LogP contribution in [0, 0.1) is 0 Å². The van der Waals surface area contributed by atoms with E-state index in [1.807, 2.05) is 26.8 Å². The molecule has 0 aliphatic rings. The smallest absolute Gasteiger partial charge is 0.358 e. The maximum absolute atomic E-state index is 11.3. The topological polar surface area (TPSA) is 90.1 Å². The van der Waals surface area contributed by atoms with Crippen LogP contribution < -0.4 is 4.74 Å². The highest BCUT2D eigenvalue weighted by Gasteiger charge is 2.29. The predicted molar refractivity (Wildman–Crippen MR) is 75.6 cm³/mol. The average Bonchev–Trinajstić information content (AvgIpc) is 2.83. The monoisotopic (exact) mass is 290 g/mol. The third-order valence-corrected chi connectivity index (χ3v) is 3.01. The van der Waals surface area contributed by atoms with E-state index in [1.54, 1.807) is 24.1 Å². The molecule has 0 aliphatic heterocycles. The molecule has 0 saturated carbocycles. The molecule has 2 aromatic heterocycles. The van der Waals surface area contributed by atoms with Crippen LogP contribution in [-0.4, -0.2) is 38.2 Å². The lowest BCUT2D eigenvalue weighted by Crippen LogP contribution is -2.22. The molecule has 0 fully saturated rings. The van der Waals surface area contributed by atoms with Crippen LogP contribution in [0.15, 0.2) is 18.3 Å². The quantitative estimate of drug-likeness (QED) is 0.922. The van der Waals surface area contributed by atoms with Crippen LogP contribution in [0.1, 0.15) is 42.5 Å². The SMILES string of the molecule is COc1ncccc1Cn1nnc(C(=O)O)c1C(C)(C)C. The molecule has 21 heavy (non-hydrogen) atoms. The number of carbonyl (C=O) groups is 1. The van der Waals surface area contributed by atoms with Crippen LogP contribution in [0.3, 0.4) is 0 Å². The van der Waals surface area contributed by atoms with E-state index in [0.29, 0.717) is 18.1 Å². The third-order valence-electron chi connectivity index (χ3n) is 3.01. The van der Waals surface area contributed by atoms with Crippen LogP contribution in [0.5, 0.6) is 5.88 Å². The van der Waals surface area contributed by atoms with Gasteiger partial charge in [-0.15, -0.1) is 5.10 Å². The molecule has 7 nitrogen and oxygen atoms in total. The number of carboxylic acids is 1. The number of aromatic carboxylic acids is 1. The second-order valence-electron chi connectivity index (χ2n) is 5.67. The van der Waals surface area contributed by atoms with E-state index >= 15 is 0 Å². The zero-order chi connectivity index (χ0) is 15.6. The fraction of sp³-hybridized carbons (Fsp3) is 0.429. The Morgan fingerprint density at radius 2 is 2.14 bits per heavy atom. The van der Waals surface area contributed by atoms with E-state index in [-0.39, 0.29) is 5.69 Å². The second kappa shape index (κ2) is 5.51. The highest BCUT2D eigenvalue weighted by molar-refractivity contribution is 5.86. The number of pyridine rings is 1. The summed E-state index contributed by atoms with van der Waals surface area (Å²) < 4.78 is 6.79. The molecule has 0 aliphatic carbocycles. The lowest BCUT2D eigenvalue weighted by atomic mass is 9.90. The van der Waals surface area contributed by atoms with Crippen molar-refractivity contribution in [2.75, 3.05) is 7.11 Å². The molecule has 0 saturated heterocycles. The van der Waals surface area contributed by atoms with Gasteiger partial charge in [0, 0.05) is 17.2 Å². The first-order chi connectivity index (χ1) is 9.84. The number of aromatic nitrogens is 4. The van der Waals surface area contributed by atoms with Crippen molar-refractivity contribution in [3.63, 3.8) is 0 Å². The molecule has 2 aromatic rings. The summed E-state index contributed by atoms with van der Waals surface area (Å²) in [7, 11) is 1.54. The summed E-state index contributed by atoms with van der Waals surface area (Å²) in [5.41, 5.74) is 0.964. The molecule has 0 radical (unpaired) electrons.